The van der Waals surface area contributed by atoms with Gasteiger partial charge < -0.3 is 19.7 Å². The lowest BCUT2D eigenvalue weighted by Gasteiger charge is -2.26. The van der Waals surface area contributed by atoms with E-state index in [4.69, 9.17) is 4.74 Å². The molecule has 0 amide bonds. The summed E-state index contributed by atoms with van der Waals surface area (Å²) >= 11 is 1.35. The number of nitrogens with zero attached hydrogens (tertiary/aromatic N) is 2. The third kappa shape index (κ3) is 9.18. The quantitative estimate of drug-likeness (QED) is 0.0885. The van der Waals surface area contributed by atoms with Crippen molar-refractivity contribution in [3.8, 4) is 10.4 Å². The Bertz CT molecular complexity index is 2010. The Morgan fingerprint density at radius 2 is 1.59 bits per heavy atom. The number of carbonyl (C=O) groups is 1. The van der Waals surface area contributed by atoms with Crippen molar-refractivity contribution in [2.75, 3.05) is 19.0 Å². The highest BCUT2D eigenvalue weighted by atomic mass is 32.1. The topological polar surface area (TPSA) is 83.8 Å². The van der Waals surface area contributed by atoms with Gasteiger partial charge >= 0.3 is 0 Å². The van der Waals surface area contributed by atoms with Crippen LogP contribution in [-0.2, 0) is 24.4 Å². The number of halogens is 2. The van der Waals surface area contributed by atoms with Crippen LogP contribution in [0.15, 0.2) is 83.8 Å². The van der Waals surface area contributed by atoms with Gasteiger partial charge in [-0.25, -0.2) is 8.78 Å². The molecule has 2 unspecified atom stereocenters. The summed E-state index contributed by atoms with van der Waals surface area (Å²) < 4.78 is 37.5. The number of Topliss-reactive ketones (excluding diaryl/α,β-unsaturated/α-hetero) is 1. The van der Waals surface area contributed by atoms with Crippen LogP contribution in [0.1, 0.15) is 68.6 Å². The van der Waals surface area contributed by atoms with Crippen LogP contribution in [0.4, 0.5) is 14.5 Å². The van der Waals surface area contributed by atoms with Gasteiger partial charge in [0, 0.05) is 47.3 Å². The third-order valence-electron chi connectivity index (χ3n) is 8.69. The summed E-state index contributed by atoms with van der Waals surface area (Å²) in [7, 11) is 1.97. The van der Waals surface area contributed by atoms with Crippen molar-refractivity contribution in [1.29, 1.82) is 0 Å². The van der Waals surface area contributed by atoms with Crippen molar-refractivity contribution in [2.45, 2.75) is 73.0 Å². The number of hydrogen-bond acceptors (Lipinski definition) is 7. The summed E-state index contributed by atoms with van der Waals surface area (Å²) in [6.07, 6.45) is 0.609. The van der Waals surface area contributed by atoms with E-state index in [9.17, 15) is 23.5 Å². The van der Waals surface area contributed by atoms with Gasteiger partial charge in [-0.2, -0.15) is 0 Å². The van der Waals surface area contributed by atoms with Gasteiger partial charge in [-0.1, -0.05) is 69.3 Å². The molecule has 5 aromatic rings. The van der Waals surface area contributed by atoms with E-state index in [0.717, 1.165) is 21.6 Å². The molecule has 0 aliphatic rings. The summed E-state index contributed by atoms with van der Waals surface area (Å²) in [6, 6.07) is 21.3. The molecule has 2 N–H and O–H groups in total. The lowest BCUT2D eigenvalue weighted by atomic mass is 9.99. The van der Waals surface area contributed by atoms with Crippen LogP contribution in [0.5, 0.6) is 0 Å². The van der Waals surface area contributed by atoms with Crippen LogP contribution in [0, 0.1) is 23.5 Å². The number of thiophene rings is 1. The van der Waals surface area contributed by atoms with Gasteiger partial charge in [-0.3, -0.25) is 14.5 Å². The second-order valence-corrected chi connectivity index (χ2v) is 15.5. The van der Waals surface area contributed by atoms with Crippen LogP contribution in [0.2, 0.25) is 0 Å². The number of ether oxygens (including phenoxy) is 1. The third-order valence-corrected chi connectivity index (χ3v) is 10.0. The van der Waals surface area contributed by atoms with Gasteiger partial charge in [0.25, 0.3) is 0 Å². The second-order valence-electron chi connectivity index (χ2n) is 14.5. The van der Waals surface area contributed by atoms with Gasteiger partial charge in [0.15, 0.2) is 5.78 Å². The van der Waals surface area contributed by atoms with Crippen LogP contribution in [0.3, 0.4) is 0 Å². The zero-order chi connectivity index (χ0) is 37.0. The monoisotopic (exact) mass is 715 g/mol. The van der Waals surface area contributed by atoms with E-state index in [2.05, 4.69) is 10.2 Å². The van der Waals surface area contributed by atoms with E-state index in [1.54, 1.807) is 18.4 Å². The van der Waals surface area contributed by atoms with Gasteiger partial charge in [0.2, 0.25) is 5.43 Å². The average Bonchev–Trinajstić information content (AvgIpc) is 3.45. The molecule has 2 heterocycles. The standard InChI is InChI=1S/C41H47F2N3O4S/c1-25(2)36(47)32-23-46(22-30-33(42)14-11-15-34(30)43)40-35(37(32)48)31(21-45(7)20-27-12-9-8-10-13-27)38(51-40)28-16-18-29(19-17-28)44-39(49)26(3)24-50-41(4,5)6/h8-19,23,25-26,39,44,49H,20-22,24H2,1-7H3. The Morgan fingerprint density at radius 3 is 2.20 bits per heavy atom. The number of fused-ring (bicyclic) bond motifs is 1. The van der Waals surface area contributed by atoms with Crippen molar-refractivity contribution in [2.24, 2.45) is 11.8 Å². The van der Waals surface area contributed by atoms with Crippen molar-refractivity contribution in [1.82, 2.24) is 9.47 Å². The van der Waals surface area contributed by atoms with Crippen molar-refractivity contribution >= 4 is 33.0 Å². The zero-order valence-corrected chi connectivity index (χ0v) is 31.1. The van der Waals surface area contributed by atoms with E-state index < -0.39 is 29.2 Å². The number of pyridine rings is 1. The number of anilines is 1. The minimum Gasteiger partial charge on any atom is -0.375 e. The summed E-state index contributed by atoms with van der Waals surface area (Å²) in [6.45, 7) is 12.4. The van der Waals surface area contributed by atoms with Gasteiger partial charge in [0.1, 0.15) is 22.7 Å². The Labute approximate surface area is 302 Å². The largest absolute Gasteiger partial charge is 0.375 e. The number of benzene rings is 3. The molecule has 7 nitrogen and oxygen atoms in total. The Morgan fingerprint density at radius 1 is 0.941 bits per heavy atom. The number of aliphatic hydroxyl groups excluding tert-OH is 1. The fraction of sp³-hybridized carbons (Fsp3) is 0.366. The molecular formula is C41H47F2N3O4S. The highest BCUT2D eigenvalue weighted by molar-refractivity contribution is 7.22. The fourth-order valence-electron chi connectivity index (χ4n) is 5.86. The van der Waals surface area contributed by atoms with E-state index in [1.807, 2.05) is 89.3 Å². The SMILES string of the molecule is CC(C)C(=O)c1cn(Cc2c(F)cccc2F)c2sc(-c3ccc(NC(O)C(C)COC(C)(C)C)cc3)c(CN(C)Cc3ccccc3)c2c1=O. The number of rotatable bonds is 14. The summed E-state index contributed by atoms with van der Waals surface area (Å²) in [4.78, 5) is 31.2. The van der Waals surface area contributed by atoms with E-state index in [1.165, 1.54) is 35.7 Å². The zero-order valence-electron chi connectivity index (χ0n) is 30.3. The molecule has 0 aliphatic carbocycles. The molecule has 10 heteroatoms. The second kappa shape index (κ2) is 16.0. The van der Waals surface area contributed by atoms with Crippen LogP contribution < -0.4 is 10.7 Å². The Balaban J connectivity index is 1.62. The number of carbonyl (C=O) groups excluding carboxylic acids is 1. The minimum atomic E-state index is -0.845. The first-order valence-electron chi connectivity index (χ1n) is 17.2. The molecule has 0 fully saturated rings. The molecular weight excluding hydrogens is 669 g/mol. The van der Waals surface area contributed by atoms with Gasteiger partial charge in [-0.05, 0) is 68.8 Å². The number of nitrogens with one attached hydrogen (secondary N) is 1. The first-order valence-corrected chi connectivity index (χ1v) is 18.0. The number of hydrogen-bond donors (Lipinski definition) is 2. The number of aliphatic hydroxyl groups is 1. The molecule has 0 saturated carbocycles. The lowest BCUT2D eigenvalue weighted by Crippen LogP contribution is -2.33. The molecule has 0 spiro atoms. The van der Waals surface area contributed by atoms with E-state index in [-0.39, 0.29) is 35.0 Å². The highest BCUT2D eigenvalue weighted by Crippen LogP contribution is 2.39. The highest BCUT2D eigenvalue weighted by Gasteiger charge is 2.26. The molecule has 2 atom stereocenters. The first-order chi connectivity index (χ1) is 24.1. The molecule has 3 aromatic carbocycles. The predicted molar refractivity (Wildman–Crippen MR) is 202 cm³/mol. The summed E-state index contributed by atoms with van der Waals surface area (Å²) in [5.41, 5.74) is 2.48. The smallest absolute Gasteiger partial charge is 0.201 e. The molecule has 2 aromatic heterocycles. The molecule has 51 heavy (non-hydrogen) atoms. The Hall–Kier alpha value is -4.22. The molecule has 5 rings (SSSR count). The van der Waals surface area contributed by atoms with Crippen LogP contribution in [0.25, 0.3) is 20.7 Å². The van der Waals surface area contributed by atoms with Crippen molar-refractivity contribution in [3.63, 3.8) is 0 Å². The summed E-state index contributed by atoms with van der Waals surface area (Å²) in [5, 5.41) is 14.3. The van der Waals surface area contributed by atoms with Crippen molar-refractivity contribution in [3.05, 3.63) is 123 Å². The number of ketones is 1. The maximum Gasteiger partial charge on any atom is 0.201 e. The molecule has 0 radical (unpaired) electrons. The normalized spacial score (nSPS) is 13.3. The molecule has 0 saturated heterocycles. The molecule has 0 bridgehead atoms. The summed E-state index contributed by atoms with van der Waals surface area (Å²) in [5.74, 6) is -2.39. The molecule has 270 valence electrons. The van der Waals surface area contributed by atoms with Crippen LogP contribution in [-0.4, -0.2) is 45.8 Å². The lowest BCUT2D eigenvalue weighted by molar-refractivity contribution is -0.0388. The maximum absolute atomic E-state index is 15.0. The van der Waals surface area contributed by atoms with Gasteiger partial charge in [0.05, 0.1) is 29.7 Å². The Kier molecular flexibility index (Phi) is 11.9. The average molecular weight is 716 g/mol. The van der Waals surface area contributed by atoms with Crippen molar-refractivity contribution < 1.29 is 23.4 Å². The van der Waals surface area contributed by atoms with Gasteiger partial charge in [-0.15, -0.1) is 11.3 Å². The number of aromatic nitrogens is 1. The fourth-order valence-corrected chi connectivity index (χ4v) is 7.15. The van der Waals surface area contributed by atoms with Crippen LogP contribution >= 0.6 is 11.3 Å². The predicted octanol–water partition coefficient (Wildman–Crippen LogP) is 8.71. The minimum absolute atomic E-state index is 0.0105. The molecule has 0 aliphatic heterocycles. The maximum atomic E-state index is 15.0. The first kappa shape index (κ1) is 38.0. The van der Waals surface area contributed by atoms with E-state index in [0.29, 0.717) is 35.6 Å². The van der Waals surface area contributed by atoms with E-state index >= 15 is 0 Å².